The van der Waals surface area contributed by atoms with Crippen molar-refractivity contribution in [2.45, 2.75) is 19.3 Å². The lowest BCUT2D eigenvalue weighted by Gasteiger charge is -2.21. The van der Waals surface area contributed by atoms with Gasteiger partial charge in [-0.05, 0) is 42.0 Å². The fourth-order valence-electron chi connectivity index (χ4n) is 4.09. The number of rotatable bonds is 7. The number of benzene rings is 4. The SMILES string of the molecule is Fc1cccc(Cl)c1CO[C@@H](c1ccccc1)c1nc2ccccc2n1Cc1c(F)cccc1Cl. The van der Waals surface area contributed by atoms with Crippen molar-refractivity contribution in [2.24, 2.45) is 0 Å². The van der Waals surface area contributed by atoms with Gasteiger partial charge in [-0.25, -0.2) is 13.8 Å². The molecule has 0 unspecified atom stereocenters. The lowest BCUT2D eigenvalue weighted by molar-refractivity contribution is 0.0575. The zero-order valence-electron chi connectivity index (χ0n) is 18.5. The summed E-state index contributed by atoms with van der Waals surface area (Å²) in [6.45, 7) is 0.0726. The van der Waals surface area contributed by atoms with Crippen LogP contribution in [0.25, 0.3) is 11.0 Å². The molecule has 0 aliphatic heterocycles. The average Bonchev–Trinajstić information content (AvgIpc) is 3.22. The number of aromatic nitrogens is 2. The fraction of sp³-hybridized carbons (Fsp3) is 0.107. The molecule has 1 atom stereocenters. The van der Waals surface area contributed by atoms with E-state index in [2.05, 4.69) is 0 Å². The van der Waals surface area contributed by atoms with Crippen molar-refractivity contribution in [3.63, 3.8) is 0 Å². The zero-order valence-corrected chi connectivity index (χ0v) is 20.0. The molecular weight excluding hydrogens is 489 g/mol. The molecule has 5 aromatic rings. The van der Waals surface area contributed by atoms with E-state index in [0.29, 0.717) is 16.4 Å². The van der Waals surface area contributed by atoms with E-state index in [4.69, 9.17) is 32.9 Å². The molecule has 5 rings (SSSR count). The minimum absolute atomic E-state index is 0.0747. The molecule has 0 amide bonds. The molecule has 0 radical (unpaired) electrons. The van der Waals surface area contributed by atoms with E-state index >= 15 is 0 Å². The molecule has 176 valence electrons. The molecule has 0 spiro atoms. The smallest absolute Gasteiger partial charge is 0.144 e. The Morgan fingerprint density at radius 1 is 0.743 bits per heavy atom. The zero-order chi connectivity index (χ0) is 24.4. The fourth-order valence-corrected chi connectivity index (χ4v) is 4.53. The van der Waals surface area contributed by atoms with E-state index in [1.807, 2.05) is 59.2 Å². The quantitative estimate of drug-likeness (QED) is 0.223. The molecule has 3 nitrogen and oxygen atoms in total. The molecule has 0 N–H and O–H groups in total. The Kier molecular flexibility index (Phi) is 6.82. The van der Waals surface area contributed by atoms with Gasteiger partial charge in [0.25, 0.3) is 0 Å². The summed E-state index contributed by atoms with van der Waals surface area (Å²) >= 11 is 12.6. The number of halogens is 4. The molecule has 1 aromatic heterocycles. The van der Waals surface area contributed by atoms with Gasteiger partial charge >= 0.3 is 0 Å². The van der Waals surface area contributed by atoms with Crippen LogP contribution in [0.2, 0.25) is 10.0 Å². The van der Waals surface area contributed by atoms with Crippen molar-refractivity contribution in [1.82, 2.24) is 9.55 Å². The summed E-state index contributed by atoms with van der Waals surface area (Å²) in [5.41, 5.74) is 2.95. The van der Waals surface area contributed by atoms with Gasteiger partial charge in [0.05, 0.1) is 24.2 Å². The Labute approximate surface area is 211 Å². The summed E-state index contributed by atoms with van der Waals surface area (Å²) in [6, 6.07) is 26.2. The predicted octanol–water partition coefficient (Wildman–Crippen LogP) is 7.98. The number of para-hydroxylation sites is 2. The first-order chi connectivity index (χ1) is 17.0. The second-order valence-corrected chi connectivity index (χ2v) is 8.86. The summed E-state index contributed by atoms with van der Waals surface area (Å²) in [6.07, 6.45) is -0.676. The van der Waals surface area contributed by atoms with Crippen LogP contribution in [-0.2, 0) is 17.9 Å². The van der Waals surface area contributed by atoms with E-state index < -0.39 is 17.7 Å². The first-order valence-corrected chi connectivity index (χ1v) is 11.8. The second kappa shape index (κ2) is 10.2. The first kappa shape index (κ1) is 23.5. The van der Waals surface area contributed by atoms with Gasteiger partial charge < -0.3 is 9.30 Å². The summed E-state index contributed by atoms with van der Waals surface area (Å²) in [7, 11) is 0. The summed E-state index contributed by atoms with van der Waals surface area (Å²) < 4.78 is 37.4. The van der Waals surface area contributed by atoms with E-state index in [-0.39, 0.29) is 23.7 Å². The Bertz CT molecular complexity index is 1450. The van der Waals surface area contributed by atoms with Crippen molar-refractivity contribution >= 4 is 34.2 Å². The monoisotopic (exact) mass is 508 g/mol. The minimum atomic E-state index is -0.676. The molecule has 0 aliphatic rings. The number of hydrogen-bond donors (Lipinski definition) is 0. The summed E-state index contributed by atoms with van der Waals surface area (Å²) in [4.78, 5) is 4.85. The number of imidazole rings is 1. The average molecular weight is 509 g/mol. The number of nitrogens with zero attached hydrogens (tertiary/aromatic N) is 2. The maximum atomic E-state index is 14.8. The third-order valence-electron chi connectivity index (χ3n) is 5.85. The molecule has 4 aromatic carbocycles. The van der Waals surface area contributed by atoms with Crippen LogP contribution < -0.4 is 0 Å². The molecule has 0 saturated heterocycles. The highest BCUT2D eigenvalue weighted by Gasteiger charge is 2.25. The normalized spacial score (nSPS) is 12.2. The van der Waals surface area contributed by atoms with Crippen molar-refractivity contribution in [3.05, 3.63) is 135 Å². The Hall–Kier alpha value is -3.25. The van der Waals surface area contributed by atoms with Crippen LogP contribution in [-0.4, -0.2) is 9.55 Å². The van der Waals surface area contributed by atoms with E-state index in [9.17, 15) is 8.78 Å². The van der Waals surface area contributed by atoms with Crippen molar-refractivity contribution in [2.75, 3.05) is 0 Å². The summed E-state index contributed by atoms with van der Waals surface area (Å²) in [5.74, 6) is -0.309. The van der Waals surface area contributed by atoms with Gasteiger partial charge in [0.2, 0.25) is 0 Å². The molecule has 0 aliphatic carbocycles. The van der Waals surface area contributed by atoms with Gasteiger partial charge in [0, 0.05) is 21.2 Å². The highest BCUT2D eigenvalue weighted by molar-refractivity contribution is 6.31. The van der Waals surface area contributed by atoms with Gasteiger partial charge in [-0.15, -0.1) is 0 Å². The Balaban J connectivity index is 1.63. The van der Waals surface area contributed by atoms with Crippen molar-refractivity contribution in [1.29, 1.82) is 0 Å². The molecule has 35 heavy (non-hydrogen) atoms. The highest BCUT2D eigenvalue weighted by atomic mass is 35.5. The molecule has 0 bridgehead atoms. The van der Waals surface area contributed by atoms with E-state index in [0.717, 1.165) is 16.6 Å². The minimum Gasteiger partial charge on any atom is -0.361 e. The number of hydrogen-bond acceptors (Lipinski definition) is 2. The molecule has 7 heteroatoms. The predicted molar refractivity (Wildman–Crippen MR) is 135 cm³/mol. The molecule has 0 fully saturated rings. The van der Waals surface area contributed by atoms with Crippen LogP contribution in [0, 0.1) is 11.6 Å². The van der Waals surface area contributed by atoms with Crippen LogP contribution in [0.1, 0.15) is 28.6 Å². The van der Waals surface area contributed by atoms with Crippen LogP contribution in [0.5, 0.6) is 0 Å². The lowest BCUT2D eigenvalue weighted by Crippen LogP contribution is -2.15. The van der Waals surface area contributed by atoms with Gasteiger partial charge in [-0.3, -0.25) is 0 Å². The van der Waals surface area contributed by atoms with E-state index in [1.165, 1.54) is 12.1 Å². The Morgan fingerprint density at radius 3 is 2.06 bits per heavy atom. The van der Waals surface area contributed by atoms with Crippen molar-refractivity contribution in [3.8, 4) is 0 Å². The lowest BCUT2D eigenvalue weighted by atomic mass is 10.1. The van der Waals surface area contributed by atoms with Crippen LogP contribution >= 0.6 is 23.2 Å². The number of ether oxygens (including phenoxy) is 1. The summed E-state index contributed by atoms with van der Waals surface area (Å²) in [5, 5.41) is 0.604. The van der Waals surface area contributed by atoms with E-state index in [1.54, 1.807) is 24.3 Å². The third-order valence-corrected chi connectivity index (χ3v) is 6.56. The number of fused-ring (bicyclic) bond motifs is 1. The van der Waals surface area contributed by atoms with Gasteiger partial charge in [-0.2, -0.15) is 0 Å². The second-order valence-electron chi connectivity index (χ2n) is 8.05. The molecular formula is C28H20Cl2F2N2O. The largest absolute Gasteiger partial charge is 0.361 e. The maximum absolute atomic E-state index is 14.8. The highest BCUT2D eigenvalue weighted by Crippen LogP contribution is 2.33. The Morgan fingerprint density at radius 2 is 1.37 bits per heavy atom. The molecule has 0 saturated carbocycles. The standard InChI is InChI=1S/C28H20Cl2F2N2O/c29-21-10-6-12-23(31)19(21)16-34-26-15-5-4-14-25(26)33-28(34)27(18-8-2-1-3-9-18)35-17-20-22(30)11-7-13-24(20)32/h1-15,27H,16-17H2/t27-/m0/s1. The first-order valence-electron chi connectivity index (χ1n) is 11.0. The van der Waals surface area contributed by atoms with Crippen LogP contribution in [0.3, 0.4) is 0 Å². The molecule has 1 heterocycles. The van der Waals surface area contributed by atoms with Crippen molar-refractivity contribution < 1.29 is 13.5 Å². The van der Waals surface area contributed by atoms with Gasteiger partial charge in [0.1, 0.15) is 23.6 Å². The topological polar surface area (TPSA) is 27.1 Å². The van der Waals surface area contributed by atoms with Crippen LogP contribution in [0.15, 0.2) is 91.0 Å². The van der Waals surface area contributed by atoms with Gasteiger partial charge in [0.15, 0.2) is 0 Å². The third kappa shape index (κ3) is 4.80. The van der Waals surface area contributed by atoms with Crippen LogP contribution in [0.4, 0.5) is 8.78 Å². The maximum Gasteiger partial charge on any atom is 0.144 e. The van der Waals surface area contributed by atoms with Gasteiger partial charge in [-0.1, -0.05) is 77.8 Å².